The van der Waals surface area contributed by atoms with E-state index in [-0.39, 0.29) is 18.4 Å². The highest BCUT2D eigenvalue weighted by atomic mass is 16.2. The summed E-state index contributed by atoms with van der Waals surface area (Å²) in [5, 5.41) is 3.38. The molecule has 10 nitrogen and oxygen atoms in total. The zero-order valence-corrected chi connectivity index (χ0v) is 22.6. The Hall–Kier alpha value is -3.66. The van der Waals surface area contributed by atoms with Crippen molar-refractivity contribution in [2.45, 2.75) is 32.1 Å². The zero-order chi connectivity index (χ0) is 26.6. The number of amides is 2. The van der Waals surface area contributed by atoms with Crippen molar-refractivity contribution in [3.63, 3.8) is 0 Å². The summed E-state index contributed by atoms with van der Waals surface area (Å²) in [6, 6.07) is 8.54. The van der Waals surface area contributed by atoms with Crippen molar-refractivity contribution in [2.24, 2.45) is 0 Å². The molecule has 3 aliphatic heterocycles. The first kappa shape index (κ1) is 25.6. The lowest BCUT2D eigenvalue weighted by atomic mass is 10.1. The van der Waals surface area contributed by atoms with Gasteiger partial charge in [-0.05, 0) is 44.2 Å². The van der Waals surface area contributed by atoms with E-state index < -0.39 is 0 Å². The highest BCUT2D eigenvalue weighted by Gasteiger charge is 2.25. The number of piperazine rings is 1. The third-order valence-electron chi connectivity index (χ3n) is 8.24. The van der Waals surface area contributed by atoms with Crippen molar-refractivity contribution >= 4 is 29.0 Å². The van der Waals surface area contributed by atoms with Gasteiger partial charge in [0.25, 0.3) is 0 Å². The third kappa shape index (κ3) is 5.71. The number of aromatic nitrogens is 3. The maximum atomic E-state index is 13.2. The molecule has 39 heavy (non-hydrogen) atoms. The number of imidazole rings is 1. The molecule has 10 heteroatoms. The molecule has 3 saturated heterocycles. The number of carbonyl (C=O) groups excluding carboxylic acids is 2. The average molecular weight is 531 g/mol. The van der Waals surface area contributed by atoms with Crippen LogP contribution in [0, 0.1) is 0 Å². The number of nitrogens with one attached hydrogen (secondary N) is 1. The normalized spacial score (nSPS) is 18.6. The predicted molar refractivity (Wildman–Crippen MR) is 152 cm³/mol. The van der Waals surface area contributed by atoms with Crippen LogP contribution in [0.4, 0.5) is 11.5 Å². The summed E-state index contributed by atoms with van der Waals surface area (Å²) in [6.07, 6.45) is 11.3. The predicted octanol–water partition coefficient (Wildman–Crippen LogP) is 2.57. The molecule has 0 saturated carbocycles. The Kier molecular flexibility index (Phi) is 7.62. The maximum Gasteiger partial charge on any atom is 0.242 e. The van der Waals surface area contributed by atoms with Crippen molar-refractivity contribution in [3.8, 4) is 11.3 Å². The molecule has 0 unspecified atom stereocenters. The number of piperidine rings is 1. The van der Waals surface area contributed by atoms with Crippen LogP contribution in [0.3, 0.4) is 0 Å². The van der Waals surface area contributed by atoms with E-state index >= 15 is 0 Å². The number of rotatable bonds is 7. The molecular weight excluding hydrogens is 492 g/mol. The monoisotopic (exact) mass is 530 g/mol. The van der Waals surface area contributed by atoms with E-state index in [4.69, 9.17) is 4.98 Å². The molecule has 5 heterocycles. The summed E-state index contributed by atoms with van der Waals surface area (Å²) < 4.78 is 1.95. The largest absolute Gasteiger partial charge is 0.372 e. The van der Waals surface area contributed by atoms with Crippen LogP contribution in [0.1, 0.15) is 32.1 Å². The van der Waals surface area contributed by atoms with E-state index in [1.54, 1.807) is 12.4 Å². The first-order chi connectivity index (χ1) is 19.2. The molecule has 0 bridgehead atoms. The van der Waals surface area contributed by atoms with Gasteiger partial charge in [-0.1, -0.05) is 12.1 Å². The Bertz CT molecular complexity index is 1290. The Morgan fingerprint density at radius 1 is 0.795 bits per heavy atom. The van der Waals surface area contributed by atoms with Gasteiger partial charge in [-0.25, -0.2) is 4.98 Å². The second kappa shape index (κ2) is 11.6. The molecule has 2 aromatic heterocycles. The molecule has 1 aromatic carbocycles. The Morgan fingerprint density at radius 3 is 2.23 bits per heavy atom. The van der Waals surface area contributed by atoms with E-state index in [0.29, 0.717) is 19.6 Å². The minimum absolute atomic E-state index is 0.0522. The highest BCUT2D eigenvalue weighted by molar-refractivity contribution is 5.84. The topological polar surface area (TPSA) is 89.3 Å². The van der Waals surface area contributed by atoms with Gasteiger partial charge < -0.3 is 20.0 Å². The van der Waals surface area contributed by atoms with Gasteiger partial charge >= 0.3 is 0 Å². The van der Waals surface area contributed by atoms with Crippen LogP contribution >= 0.6 is 0 Å². The van der Waals surface area contributed by atoms with Crippen LogP contribution in [-0.4, -0.2) is 106 Å². The molecule has 0 atom stereocenters. The molecule has 3 aromatic rings. The minimum atomic E-state index is 0.0522. The minimum Gasteiger partial charge on any atom is -0.372 e. The second-order valence-electron chi connectivity index (χ2n) is 10.8. The number of likely N-dealkylation sites (tertiary alicyclic amines) is 1. The molecular formula is C29H38N8O2. The van der Waals surface area contributed by atoms with E-state index in [9.17, 15) is 9.59 Å². The fraction of sp³-hybridized carbons (Fsp3) is 0.517. The SMILES string of the molecule is O=C(CNc1c(-c2ccc(N3CCCC3)cc2)nc2cnccn12)N1CCN(CC(=O)N2CCCCC2)CC1. The quantitative estimate of drug-likeness (QED) is 0.502. The lowest BCUT2D eigenvalue weighted by molar-refractivity contribution is -0.135. The van der Waals surface area contributed by atoms with Crippen LogP contribution in [-0.2, 0) is 9.59 Å². The number of fused-ring (bicyclic) bond motifs is 1. The third-order valence-corrected chi connectivity index (χ3v) is 8.24. The summed E-state index contributed by atoms with van der Waals surface area (Å²) in [6.45, 7) is 7.33. The summed E-state index contributed by atoms with van der Waals surface area (Å²) in [7, 11) is 0. The van der Waals surface area contributed by atoms with Gasteiger partial charge in [-0.3, -0.25) is 23.9 Å². The van der Waals surface area contributed by atoms with Gasteiger partial charge in [0.1, 0.15) is 11.5 Å². The van der Waals surface area contributed by atoms with Crippen LogP contribution in [0.2, 0.25) is 0 Å². The summed E-state index contributed by atoms with van der Waals surface area (Å²) in [4.78, 5) is 43.3. The van der Waals surface area contributed by atoms with E-state index in [2.05, 4.69) is 44.4 Å². The van der Waals surface area contributed by atoms with Crippen LogP contribution < -0.4 is 10.2 Å². The fourth-order valence-corrected chi connectivity index (χ4v) is 5.94. The first-order valence-electron chi connectivity index (χ1n) is 14.3. The molecule has 3 aliphatic rings. The van der Waals surface area contributed by atoms with Crippen LogP contribution in [0.15, 0.2) is 42.9 Å². The molecule has 0 spiro atoms. The van der Waals surface area contributed by atoms with Gasteiger partial charge in [0.2, 0.25) is 11.8 Å². The van der Waals surface area contributed by atoms with E-state index in [1.807, 2.05) is 20.4 Å². The average Bonchev–Trinajstić information content (AvgIpc) is 3.66. The number of hydrogen-bond donors (Lipinski definition) is 1. The number of anilines is 2. The molecule has 0 radical (unpaired) electrons. The molecule has 1 N–H and O–H groups in total. The van der Waals surface area contributed by atoms with Gasteiger partial charge in [0.05, 0.1) is 19.3 Å². The van der Waals surface area contributed by atoms with Gasteiger partial charge in [0.15, 0.2) is 5.65 Å². The number of carbonyl (C=O) groups is 2. The number of hydrogen-bond acceptors (Lipinski definition) is 7. The Balaban J connectivity index is 1.08. The molecule has 206 valence electrons. The Morgan fingerprint density at radius 2 is 1.49 bits per heavy atom. The van der Waals surface area contributed by atoms with Crippen molar-refractivity contribution < 1.29 is 9.59 Å². The van der Waals surface area contributed by atoms with Gasteiger partial charge in [-0.15, -0.1) is 0 Å². The first-order valence-corrected chi connectivity index (χ1v) is 14.3. The van der Waals surface area contributed by atoms with Crippen molar-refractivity contribution in [1.82, 2.24) is 29.1 Å². The van der Waals surface area contributed by atoms with Crippen molar-refractivity contribution in [2.75, 3.05) is 75.7 Å². The van der Waals surface area contributed by atoms with Crippen LogP contribution in [0.25, 0.3) is 16.9 Å². The van der Waals surface area contributed by atoms with Crippen molar-refractivity contribution in [3.05, 3.63) is 42.9 Å². The zero-order valence-electron chi connectivity index (χ0n) is 22.6. The standard InChI is InChI=1S/C29H38N8O2/c38-26(36-18-16-33(17-19-36)22-27(39)35-13-2-1-3-14-35)21-31-29-28(32-25-20-30-10-15-37(25)29)23-6-8-24(9-7-23)34-11-4-5-12-34/h6-10,15,20,31H,1-5,11-14,16-19,21-22H2. The number of nitrogens with zero attached hydrogens (tertiary/aromatic N) is 7. The van der Waals surface area contributed by atoms with E-state index in [0.717, 1.165) is 74.8 Å². The molecule has 2 amide bonds. The summed E-state index contributed by atoms with van der Waals surface area (Å²) >= 11 is 0. The van der Waals surface area contributed by atoms with Gasteiger partial charge in [-0.2, -0.15) is 0 Å². The van der Waals surface area contributed by atoms with E-state index in [1.165, 1.54) is 24.9 Å². The molecule has 6 rings (SSSR count). The highest BCUT2D eigenvalue weighted by Crippen LogP contribution is 2.31. The maximum absolute atomic E-state index is 13.2. The van der Waals surface area contributed by atoms with Crippen LogP contribution in [0.5, 0.6) is 0 Å². The number of benzene rings is 1. The second-order valence-corrected chi connectivity index (χ2v) is 10.8. The van der Waals surface area contributed by atoms with Gasteiger partial charge in [0, 0.05) is 76.0 Å². The Labute approximate surface area is 229 Å². The summed E-state index contributed by atoms with van der Waals surface area (Å²) in [5.74, 6) is 1.07. The molecule has 0 aliphatic carbocycles. The smallest absolute Gasteiger partial charge is 0.242 e. The lowest BCUT2D eigenvalue weighted by Gasteiger charge is -2.36. The fourth-order valence-electron chi connectivity index (χ4n) is 5.94. The summed E-state index contributed by atoms with van der Waals surface area (Å²) in [5.41, 5.74) is 3.79. The lowest BCUT2D eigenvalue weighted by Crippen LogP contribution is -2.52. The molecule has 3 fully saturated rings. The van der Waals surface area contributed by atoms with Crippen molar-refractivity contribution in [1.29, 1.82) is 0 Å².